The van der Waals surface area contributed by atoms with Crippen molar-refractivity contribution in [1.82, 2.24) is 15.0 Å². The fourth-order valence-corrected chi connectivity index (χ4v) is 2.35. The van der Waals surface area contributed by atoms with Crippen molar-refractivity contribution in [1.29, 1.82) is 0 Å². The smallest absolute Gasteiger partial charge is 0.250 e. The zero-order valence-electron chi connectivity index (χ0n) is 12.9. The van der Waals surface area contributed by atoms with E-state index >= 15 is 0 Å². The molecule has 0 aliphatic heterocycles. The van der Waals surface area contributed by atoms with Crippen LogP contribution in [0.4, 0.5) is 0 Å². The molecule has 0 atom stereocenters. The number of methoxy groups -OCH3 is 1. The molecule has 1 heterocycles. The van der Waals surface area contributed by atoms with Crippen LogP contribution in [0.25, 0.3) is 12.2 Å². The Bertz CT molecular complexity index is 767. The van der Waals surface area contributed by atoms with Gasteiger partial charge in [0.05, 0.1) is 7.11 Å². The van der Waals surface area contributed by atoms with E-state index in [0.717, 1.165) is 11.1 Å². The van der Waals surface area contributed by atoms with Gasteiger partial charge in [-0.15, -0.1) is 0 Å². The summed E-state index contributed by atoms with van der Waals surface area (Å²) in [5.74, 6) is 0.558. The number of rotatable bonds is 3. The van der Waals surface area contributed by atoms with Crippen LogP contribution in [-0.4, -0.2) is 22.1 Å². The lowest BCUT2D eigenvalue weighted by Gasteiger charge is -2.14. The molecule has 0 aliphatic rings. The first-order chi connectivity index (χ1) is 11.5. The lowest BCUT2D eigenvalue weighted by Crippen LogP contribution is -2.16. The average Bonchev–Trinajstić information content (AvgIpc) is 2.51. The first kappa shape index (κ1) is 20.8. The highest BCUT2D eigenvalue weighted by atomic mass is 35.6. The van der Waals surface area contributed by atoms with Crippen molar-refractivity contribution >= 4 is 81.8 Å². The van der Waals surface area contributed by atoms with Gasteiger partial charge in [0.25, 0.3) is 0 Å². The molecule has 10 heteroatoms. The number of aryl methyl sites for hydroxylation is 1. The minimum absolute atomic E-state index is 0.149. The second-order valence-corrected chi connectivity index (χ2v) is 9.48. The molecule has 0 N–H and O–H groups in total. The summed E-state index contributed by atoms with van der Waals surface area (Å²) in [7, 11) is 1.58. The Hall–Kier alpha value is -0.490. The van der Waals surface area contributed by atoms with Crippen LogP contribution in [0.2, 0.25) is 0 Å². The second kappa shape index (κ2) is 8.03. The van der Waals surface area contributed by atoms with Gasteiger partial charge in [0.2, 0.25) is 7.59 Å². The number of halogens is 6. The molecule has 0 saturated heterocycles. The minimum atomic E-state index is -1.89. The maximum absolute atomic E-state index is 5.84. The predicted octanol–water partition coefficient (Wildman–Crippen LogP) is 6.01. The first-order valence-electron chi connectivity index (χ1n) is 6.74. The number of hydrogen-bond donors (Lipinski definition) is 0. The fourth-order valence-electron chi connectivity index (χ4n) is 1.84. The highest BCUT2D eigenvalue weighted by Gasteiger charge is 2.33. The maximum Gasteiger partial charge on any atom is 0.250 e. The third-order valence-electron chi connectivity index (χ3n) is 2.96. The van der Waals surface area contributed by atoms with Gasteiger partial charge >= 0.3 is 0 Å². The van der Waals surface area contributed by atoms with Crippen LogP contribution < -0.4 is 4.74 Å². The molecule has 0 spiro atoms. The van der Waals surface area contributed by atoms with Gasteiger partial charge in [0.15, 0.2) is 17.5 Å². The Morgan fingerprint density at radius 3 is 1.92 bits per heavy atom. The van der Waals surface area contributed by atoms with Crippen molar-refractivity contribution in [2.24, 2.45) is 0 Å². The summed E-state index contributed by atoms with van der Waals surface area (Å²) in [5.41, 5.74) is 1.87. The van der Waals surface area contributed by atoms with Crippen LogP contribution in [0.3, 0.4) is 0 Å². The summed E-state index contributed by atoms with van der Waals surface area (Å²) in [4.78, 5) is 12.1. The lowest BCUT2D eigenvalue weighted by molar-refractivity contribution is 0.413. The summed E-state index contributed by atoms with van der Waals surface area (Å²) in [6.07, 6.45) is 3.31. The van der Waals surface area contributed by atoms with E-state index in [4.69, 9.17) is 74.3 Å². The van der Waals surface area contributed by atoms with Gasteiger partial charge < -0.3 is 4.74 Å². The van der Waals surface area contributed by atoms with E-state index in [1.165, 1.54) is 0 Å². The van der Waals surface area contributed by atoms with Gasteiger partial charge in [0, 0.05) is 5.56 Å². The first-order valence-corrected chi connectivity index (χ1v) is 9.00. The standard InChI is InChI=1S/C15H11Cl6N3O/c1-8-3-4-9(10(7-8)25-2)5-6-11-22-12(14(16,17)18)24-13(23-11)15(19,20)21/h3-7H,1-2H3/b6-5+. The van der Waals surface area contributed by atoms with Gasteiger partial charge in [-0.05, 0) is 30.7 Å². The molecule has 0 bridgehead atoms. The van der Waals surface area contributed by atoms with Crippen LogP contribution in [0.5, 0.6) is 5.75 Å². The van der Waals surface area contributed by atoms with Gasteiger partial charge in [-0.3, -0.25) is 0 Å². The van der Waals surface area contributed by atoms with E-state index in [2.05, 4.69) is 15.0 Å². The molecule has 1 aromatic heterocycles. The SMILES string of the molecule is COc1cc(C)ccc1/C=C/c1nc(C(Cl)(Cl)Cl)nc(C(Cl)(Cl)Cl)n1. The monoisotopic (exact) mass is 459 g/mol. The fraction of sp³-hybridized carbons (Fsp3) is 0.267. The van der Waals surface area contributed by atoms with Crippen LogP contribution in [0.1, 0.15) is 28.6 Å². The Kier molecular flexibility index (Phi) is 6.69. The molecular weight excluding hydrogens is 451 g/mol. The third-order valence-corrected chi connectivity index (χ3v) is 3.97. The van der Waals surface area contributed by atoms with Crippen molar-refractivity contribution in [2.75, 3.05) is 7.11 Å². The largest absolute Gasteiger partial charge is 0.496 e. The van der Waals surface area contributed by atoms with E-state index in [1.807, 2.05) is 25.1 Å². The van der Waals surface area contributed by atoms with Crippen molar-refractivity contribution in [2.45, 2.75) is 14.5 Å². The normalized spacial score (nSPS) is 12.6. The summed E-state index contributed by atoms with van der Waals surface area (Å²) in [6, 6.07) is 5.72. The van der Waals surface area contributed by atoms with E-state index in [1.54, 1.807) is 19.3 Å². The number of nitrogens with zero attached hydrogens (tertiary/aromatic N) is 3. The molecule has 0 aliphatic carbocycles. The summed E-state index contributed by atoms with van der Waals surface area (Å²) in [5, 5.41) is 0. The lowest BCUT2D eigenvalue weighted by atomic mass is 10.1. The van der Waals surface area contributed by atoms with E-state index in [9.17, 15) is 0 Å². The molecule has 1 aromatic carbocycles. The molecule has 0 amide bonds. The number of alkyl halides is 6. The molecule has 0 radical (unpaired) electrons. The number of ether oxygens (including phenoxy) is 1. The molecule has 2 aromatic rings. The highest BCUT2D eigenvalue weighted by Crippen LogP contribution is 2.40. The second-order valence-electron chi connectivity index (χ2n) is 4.92. The molecule has 134 valence electrons. The molecule has 0 unspecified atom stereocenters. The molecule has 4 nitrogen and oxygen atoms in total. The summed E-state index contributed by atoms with van der Waals surface area (Å²) < 4.78 is 1.56. The van der Waals surface area contributed by atoms with Crippen molar-refractivity contribution < 1.29 is 4.74 Å². The zero-order valence-corrected chi connectivity index (χ0v) is 17.4. The Balaban J connectivity index is 2.49. The Labute approximate surface area is 175 Å². The summed E-state index contributed by atoms with van der Waals surface area (Å²) >= 11 is 35.0. The summed E-state index contributed by atoms with van der Waals surface area (Å²) in [6.45, 7) is 1.96. The van der Waals surface area contributed by atoms with Gasteiger partial charge in [-0.2, -0.15) is 0 Å². The molecule has 25 heavy (non-hydrogen) atoms. The highest BCUT2D eigenvalue weighted by molar-refractivity contribution is 6.67. The zero-order chi connectivity index (χ0) is 18.8. The number of aromatic nitrogens is 3. The van der Waals surface area contributed by atoms with Gasteiger partial charge in [0.1, 0.15) is 5.75 Å². The molecular formula is C15H11Cl6N3O. The Morgan fingerprint density at radius 2 is 1.44 bits per heavy atom. The maximum atomic E-state index is 5.84. The van der Waals surface area contributed by atoms with Crippen LogP contribution >= 0.6 is 69.6 Å². The van der Waals surface area contributed by atoms with Crippen LogP contribution in [0, 0.1) is 6.92 Å². The topological polar surface area (TPSA) is 47.9 Å². The molecule has 0 fully saturated rings. The van der Waals surface area contributed by atoms with E-state index in [0.29, 0.717) is 5.75 Å². The van der Waals surface area contributed by atoms with Crippen LogP contribution in [0.15, 0.2) is 18.2 Å². The number of benzene rings is 1. The minimum Gasteiger partial charge on any atom is -0.496 e. The predicted molar refractivity (Wildman–Crippen MR) is 105 cm³/mol. The van der Waals surface area contributed by atoms with Gasteiger partial charge in [-0.25, -0.2) is 15.0 Å². The van der Waals surface area contributed by atoms with Crippen molar-refractivity contribution in [3.8, 4) is 5.75 Å². The quantitative estimate of drug-likeness (QED) is 0.525. The van der Waals surface area contributed by atoms with E-state index in [-0.39, 0.29) is 17.5 Å². The third kappa shape index (κ3) is 5.75. The average molecular weight is 462 g/mol. The van der Waals surface area contributed by atoms with Crippen molar-refractivity contribution in [3.05, 3.63) is 46.8 Å². The molecule has 0 saturated carbocycles. The van der Waals surface area contributed by atoms with Crippen molar-refractivity contribution in [3.63, 3.8) is 0 Å². The molecule has 2 rings (SSSR count). The Morgan fingerprint density at radius 1 is 0.880 bits per heavy atom. The van der Waals surface area contributed by atoms with Crippen LogP contribution in [-0.2, 0) is 7.59 Å². The van der Waals surface area contributed by atoms with Gasteiger partial charge in [-0.1, -0.05) is 81.7 Å². The number of hydrogen-bond acceptors (Lipinski definition) is 4. The van der Waals surface area contributed by atoms with E-state index < -0.39 is 7.59 Å².